The average Bonchev–Trinajstić information content (AvgIpc) is 3.23. The molecule has 4 N–H and O–H groups in total. The van der Waals surface area contributed by atoms with Gasteiger partial charge < -0.3 is 25.5 Å². The summed E-state index contributed by atoms with van der Waals surface area (Å²) in [5, 5.41) is 31.4. The molecule has 1 heterocycles. The standard InChI is InChI=1S/C25H30N2O6/c1-3-16-4-6-17(7-5-16)18-8-10-19(11-9-18)25(33)27-13-20(30)12-21(27)24(32)26-23(15(2)29)22(31)14-28/h4-11,15,20-21,23,28-30H,3,12-14H2,1-2H3,(H,26,32)/t15-,20-,21+,23+/m1/s1. The van der Waals surface area contributed by atoms with Gasteiger partial charge >= 0.3 is 0 Å². The third kappa shape index (κ3) is 5.65. The predicted octanol–water partition coefficient (Wildman–Crippen LogP) is 0.918. The number of Topliss-reactive ketones (excluding diaryl/α,β-unsaturated/α-hetero) is 1. The molecule has 1 aliphatic heterocycles. The van der Waals surface area contributed by atoms with Crippen LogP contribution in [0.25, 0.3) is 11.1 Å². The van der Waals surface area contributed by atoms with Gasteiger partial charge in [0.05, 0.1) is 12.2 Å². The number of rotatable bonds is 8. The Hall–Kier alpha value is -3.07. The van der Waals surface area contributed by atoms with Crippen LogP contribution >= 0.6 is 0 Å². The van der Waals surface area contributed by atoms with E-state index >= 15 is 0 Å². The summed E-state index contributed by atoms with van der Waals surface area (Å²) in [6, 6.07) is 12.9. The van der Waals surface area contributed by atoms with Gasteiger partial charge in [0.1, 0.15) is 18.7 Å². The number of nitrogens with one attached hydrogen (secondary N) is 1. The van der Waals surface area contributed by atoms with E-state index in [0.29, 0.717) is 5.56 Å². The topological polar surface area (TPSA) is 127 Å². The van der Waals surface area contributed by atoms with Gasteiger partial charge in [-0.2, -0.15) is 0 Å². The summed E-state index contributed by atoms with van der Waals surface area (Å²) >= 11 is 0. The van der Waals surface area contributed by atoms with Crippen LogP contribution in [0.3, 0.4) is 0 Å². The summed E-state index contributed by atoms with van der Waals surface area (Å²) in [6.45, 7) is 2.55. The van der Waals surface area contributed by atoms with Gasteiger partial charge in [-0.1, -0.05) is 43.3 Å². The maximum absolute atomic E-state index is 13.1. The molecule has 0 aliphatic carbocycles. The Balaban J connectivity index is 1.75. The van der Waals surface area contributed by atoms with Crippen molar-refractivity contribution in [2.75, 3.05) is 13.2 Å². The zero-order valence-corrected chi connectivity index (χ0v) is 18.8. The highest BCUT2D eigenvalue weighted by Crippen LogP contribution is 2.24. The number of aryl methyl sites for hydroxylation is 1. The van der Waals surface area contributed by atoms with Crippen LogP contribution in [0.5, 0.6) is 0 Å². The monoisotopic (exact) mass is 454 g/mol. The van der Waals surface area contributed by atoms with Crippen LogP contribution in [0.1, 0.15) is 36.2 Å². The molecule has 0 aromatic heterocycles. The molecule has 1 aliphatic rings. The molecule has 4 atom stereocenters. The molecule has 2 aromatic carbocycles. The number of hydrogen-bond donors (Lipinski definition) is 4. The number of amides is 2. The third-order valence-electron chi connectivity index (χ3n) is 5.95. The summed E-state index contributed by atoms with van der Waals surface area (Å²) in [5.41, 5.74) is 3.58. The Kier molecular flexibility index (Phi) is 7.97. The maximum Gasteiger partial charge on any atom is 0.254 e. The highest BCUT2D eigenvalue weighted by atomic mass is 16.3. The molecule has 0 spiro atoms. The fourth-order valence-corrected chi connectivity index (χ4v) is 4.01. The van der Waals surface area contributed by atoms with E-state index in [1.165, 1.54) is 17.4 Å². The first-order valence-electron chi connectivity index (χ1n) is 11.1. The molecule has 2 aromatic rings. The Labute approximate surface area is 192 Å². The van der Waals surface area contributed by atoms with E-state index in [0.717, 1.165) is 17.5 Å². The van der Waals surface area contributed by atoms with Gasteiger partial charge in [0.25, 0.3) is 5.91 Å². The molecule has 33 heavy (non-hydrogen) atoms. The lowest BCUT2D eigenvalue weighted by Crippen LogP contribution is -2.54. The van der Waals surface area contributed by atoms with Crippen molar-refractivity contribution < 1.29 is 29.7 Å². The van der Waals surface area contributed by atoms with Gasteiger partial charge in [0.2, 0.25) is 5.91 Å². The number of carbonyl (C=O) groups is 3. The molecular formula is C25H30N2O6. The zero-order chi connectivity index (χ0) is 24.1. The van der Waals surface area contributed by atoms with Gasteiger partial charge in [-0.3, -0.25) is 14.4 Å². The van der Waals surface area contributed by atoms with Crippen molar-refractivity contribution in [3.63, 3.8) is 0 Å². The van der Waals surface area contributed by atoms with Crippen LogP contribution in [0, 0.1) is 0 Å². The lowest BCUT2D eigenvalue weighted by molar-refractivity contribution is -0.133. The molecule has 2 amide bonds. The number of hydrogen-bond acceptors (Lipinski definition) is 6. The van der Waals surface area contributed by atoms with E-state index in [4.69, 9.17) is 5.11 Å². The molecule has 0 bridgehead atoms. The third-order valence-corrected chi connectivity index (χ3v) is 5.95. The normalized spacial score (nSPS) is 19.7. The second kappa shape index (κ2) is 10.7. The number of carbonyl (C=O) groups excluding carboxylic acids is 3. The van der Waals surface area contributed by atoms with Crippen LogP contribution in [-0.2, 0) is 16.0 Å². The van der Waals surface area contributed by atoms with Crippen molar-refractivity contribution in [1.82, 2.24) is 10.2 Å². The van der Waals surface area contributed by atoms with E-state index in [1.807, 2.05) is 24.3 Å². The predicted molar refractivity (Wildman–Crippen MR) is 122 cm³/mol. The van der Waals surface area contributed by atoms with Crippen LogP contribution in [-0.4, -0.2) is 75.3 Å². The van der Waals surface area contributed by atoms with Crippen molar-refractivity contribution in [1.29, 1.82) is 0 Å². The minimum absolute atomic E-state index is 0.0132. The Bertz CT molecular complexity index is 987. The molecule has 1 saturated heterocycles. The van der Waals surface area contributed by atoms with Crippen molar-refractivity contribution in [2.45, 2.75) is 51.0 Å². The first-order chi connectivity index (χ1) is 15.7. The highest BCUT2D eigenvalue weighted by Gasteiger charge is 2.40. The first kappa shape index (κ1) is 24.6. The number of ketones is 1. The smallest absolute Gasteiger partial charge is 0.254 e. The largest absolute Gasteiger partial charge is 0.391 e. The number of likely N-dealkylation sites (tertiary alicyclic amines) is 1. The van der Waals surface area contributed by atoms with E-state index < -0.39 is 48.5 Å². The minimum atomic E-state index is -1.30. The molecule has 0 radical (unpaired) electrons. The lowest BCUT2D eigenvalue weighted by atomic mass is 10.0. The summed E-state index contributed by atoms with van der Waals surface area (Å²) in [4.78, 5) is 39.0. The minimum Gasteiger partial charge on any atom is -0.391 e. The number of β-amino-alcohol motifs (C(OH)–C–C–N with tert-alkyl or cyclic N) is 1. The number of aliphatic hydroxyl groups excluding tert-OH is 3. The molecule has 0 saturated carbocycles. The fraction of sp³-hybridized carbons (Fsp3) is 0.400. The van der Waals surface area contributed by atoms with Crippen LogP contribution < -0.4 is 5.32 Å². The number of benzene rings is 2. The van der Waals surface area contributed by atoms with E-state index in [1.54, 1.807) is 12.1 Å². The van der Waals surface area contributed by atoms with E-state index in [-0.39, 0.29) is 13.0 Å². The van der Waals surface area contributed by atoms with Gasteiger partial charge in [-0.15, -0.1) is 0 Å². The summed E-state index contributed by atoms with van der Waals surface area (Å²) in [7, 11) is 0. The summed E-state index contributed by atoms with van der Waals surface area (Å²) < 4.78 is 0. The molecule has 1 fully saturated rings. The van der Waals surface area contributed by atoms with Crippen molar-refractivity contribution >= 4 is 17.6 Å². The molecule has 8 nitrogen and oxygen atoms in total. The van der Waals surface area contributed by atoms with Crippen LogP contribution in [0.15, 0.2) is 48.5 Å². The molecule has 8 heteroatoms. The molecular weight excluding hydrogens is 424 g/mol. The van der Waals surface area contributed by atoms with Gasteiger partial charge in [-0.05, 0) is 42.2 Å². The number of aliphatic hydroxyl groups is 3. The lowest BCUT2D eigenvalue weighted by Gasteiger charge is -2.27. The van der Waals surface area contributed by atoms with Gasteiger partial charge in [0.15, 0.2) is 5.78 Å². The zero-order valence-electron chi connectivity index (χ0n) is 18.8. The summed E-state index contributed by atoms with van der Waals surface area (Å²) in [6.07, 6.45) is -1.14. The average molecular weight is 455 g/mol. The van der Waals surface area contributed by atoms with Crippen molar-refractivity contribution in [3.8, 4) is 11.1 Å². The van der Waals surface area contributed by atoms with Gasteiger partial charge in [-0.25, -0.2) is 0 Å². The molecule has 3 rings (SSSR count). The maximum atomic E-state index is 13.1. The second-order valence-electron chi connectivity index (χ2n) is 8.34. The molecule has 0 unspecified atom stereocenters. The highest BCUT2D eigenvalue weighted by molar-refractivity contribution is 5.99. The summed E-state index contributed by atoms with van der Waals surface area (Å²) in [5.74, 6) is -1.82. The SMILES string of the molecule is CCc1ccc(-c2ccc(C(=O)N3C[C@H](O)C[C@H]3C(=O)N[C@H](C(=O)CO)[C@@H](C)O)cc2)cc1. The van der Waals surface area contributed by atoms with Crippen molar-refractivity contribution in [2.24, 2.45) is 0 Å². The quantitative estimate of drug-likeness (QED) is 0.470. The van der Waals surface area contributed by atoms with Crippen LogP contribution in [0.2, 0.25) is 0 Å². The Morgan fingerprint density at radius 1 is 1.06 bits per heavy atom. The number of nitrogens with zero attached hydrogens (tertiary/aromatic N) is 1. The Morgan fingerprint density at radius 3 is 2.15 bits per heavy atom. The Morgan fingerprint density at radius 2 is 1.64 bits per heavy atom. The van der Waals surface area contributed by atoms with Crippen molar-refractivity contribution in [3.05, 3.63) is 59.7 Å². The van der Waals surface area contributed by atoms with Crippen LogP contribution in [0.4, 0.5) is 0 Å². The second-order valence-corrected chi connectivity index (χ2v) is 8.34. The van der Waals surface area contributed by atoms with Gasteiger partial charge in [0, 0.05) is 18.5 Å². The molecule has 176 valence electrons. The fourth-order valence-electron chi connectivity index (χ4n) is 4.01. The van der Waals surface area contributed by atoms with E-state index in [2.05, 4.69) is 24.4 Å². The first-order valence-corrected chi connectivity index (χ1v) is 11.1. The van der Waals surface area contributed by atoms with E-state index in [9.17, 15) is 24.6 Å².